The Balaban J connectivity index is 1.55. The molecule has 0 unspecified atom stereocenters. The van der Waals surface area contributed by atoms with Gasteiger partial charge >= 0.3 is 6.03 Å². The maximum absolute atomic E-state index is 13.3. The number of benzene rings is 3. The number of nitrogens with zero attached hydrogens (tertiary/aromatic N) is 1. The summed E-state index contributed by atoms with van der Waals surface area (Å²) < 4.78 is 24.2. The van der Waals surface area contributed by atoms with Crippen molar-refractivity contribution in [1.29, 1.82) is 0 Å². The van der Waals surface area contributed by atoms with Crippen LogP contribution in [-0.4, -0.2) is 37.5 Å². The monoisotopic (exact) mass is 537 g/mol. The van der Waals surface area contributed by atoms with Gasteiger partial charge in [-0.05, 0) is 67.1 Å². The Hall–Kier alpha value is -4.70. The minimum atomic E-state index is -0.966. The van der Waals surface area contributed by atoms with Crippen molar-refractivity contribution >= 4 is 52.8 Å². The van der Waals surface area contributed by atoms with Crippen molar-refractivity contribution in [2.75, 3.05) is 23.9 Å². The van der Waals surface area contributed by atoms with Crippen molar-refractivity contribution in [1.82, 2.24) is 5.32 Å². The van der Waals surface area contributed by atoms with Crippen LogP contribution in [0.5, 0.6) is 11.5 Å². The summed E-state index contributed by atoms with van der Waals surface area (Å²) in [6.45, 7) is 1.57. The SMILES string of the molecule is COc1cc(/C=C2\C(=O)NC(=O)N(c3ccc(F)cc3)C2=O)cc(Cl)c1OCC(=O)Nc1ccc(C)cc1. The third kappa shape index (κ3) is 5.81. The molecule has 1 saturated heterocycles. The number of halogens is 2. The van der Waals surface area contributed by atoms with Crippen LogP contribution in [0.4, 0.5) is 20.6 Å². The summed E-state index contributed by atoms with van der Waals surface area (Å²) in [7, 11) is 1.36. The van der Waals surface area contributed by atoms with Gasteiger partial charge in [-0.15, -0.1) is 0 Å². The molecule has 11 heteroatoms. The Labute approximate surface area is 221 Å². The molecule has 3 aromatic rings. The second kappa shape index (κ2) is 11.1. The lowest BCUT2D eigenvalue weighted by Crippen LogP contribution is -2.54. The summed E-state index contributed by atoms with van der Waals surface area (Å²) in [4.78, 5) is 50.8. The molecule has 1 fully saturated rings. The van der Waals surface area contributed by atoms with E-state index < -0.39 is 29.6 Å². The smallest absolute Gasteiger partial charge is 0.335 e. The third-order valence-corrected chi connectivity index (χ3v) is 5.71. The van der Waals surface area contributed by atoms with Crippen LogP contribution in [-0.2, 0) is 14.4 Å². The molecule has 1 aliphatic rings. The Morgan fingerprint density at radius 1 is 1.08 bits per heavy atom. The molecule has 3 aromatic carbocycles. The number of urea groups is 1. The zero-order valence-corrected chi connectivity index (χ0v) is 21.0. The number of hydrogen-bond donors (Lipinski definition) is 2. The number of rotatable bonds is 7. The Bertz CT molecular complexity index is 1450. The molecule has 0 atom stereocenters. The zero-order valence-electron chi connectivity index (χ0n) is 20.2. The number of ether oxygens (including phenoxy) is 2. The Morgan fingerprint density at radius 3 is 2.42 bits per heavy atom. The van der Waals surface area contributed by atoms with Crippen LogP contribution in [0.3, 0.4) is 0 Å². The maximum Gasteiger partial charge on any atom is 0.335 e. The average Bonchev–Trinajstić information content (AvgIpc) is 2.88. The number of nitrogens with one attached hydrogen (secondary N) is 2. The molecular weight excluding hydrogens is 517 g/mol. The van der Waals surface area contributed by atoms with E-state index >= 15 is 0 Å². The number of carbonyl (C=O) groups excluding carboxylic acids is 4. The van der Waals surface area contributed by atoms with Crippen molar-refractivity contribution in [3.8, 4) is 11.5 Å². The van der Waals surface area contributed by atoms with Crippen LogP contribution >= 0.6 is 11.6 Å². The zero-order chi connectivity index (χ0) is 27.4. The van der Waals surface area contributed by atoms with Gasteiger partial charge in [0.2, 0.25) is 0 Å². The predicted octanol–water partition coefficient (Wildman–Crippen LogP) is 4.48. The lowest BCUT2D eigenvalue weighted by atomic mass is 10.1. The molecule has 38 heavy (non-hydrogen) atoms. The van der Waals surface area contributed by atoms with Crippen LogP contribution in [0, 0.1) is 12.7 Å². The van der Waals surface area contributed by atoms with Gasteiger partial charge in [0.25, 0.3) is 17.7 Å². The minimum absolute atomic E-state index is 0.0504. The van der Waals surface area contributed by atoms with Gasteiger partial charge in [-0.25, -0.2) is 14.1 Å². The minimum Gasteiger partial charge on any atom is -0.493 e. The van der Waals surface area contributed by atoms with Crippen molar-refractivity contribution in [3.05, 3.63) is 88.2 Å². The fourth-order valence-electron chi connectivity index (χ4n) is 3.58. The van der Waals surface area contributed by atoms with Gasteiger partial charge < -0.3 is 14.8 Å². The van der Waals surface area contributed by atoms with Crippen molar-refractivity contribution in [3.63, 3.8) is 0 Å². The van der Waals surface area contributed by atoms with Gasteiger partial charge in [0.15, 0.2) is 18.1 Å². The summed E-state index contributed by atoms with van der Waals surface area (Å²) in [5.74, 6) is -2.58. The summed E-state index contributed by atoms with van der Waals surface area (Å²) in [6.07, 6.45) is 1.23. The van der Waals surface area contributed by atoms with E-state index in [2.05, 4.69) is 10.6 Å². The van der Waals surface area contributed by atoms with E-state index in [0.29, 0.717) is 5.69 Å². The number of barbiturate groups is 1. The number of hydrogen-bond acceptors (Lipinski definition) is 6. The van der Waals surface area contributed by atoms with E-state index in [1.54, 1.807) is 12.1 Å². The number of aryl methyl sites for hydroxylation is 1. The molecule has 0 aromatic heterocycles. The summed E-state index contributed by atoms with van der Waals surface area (Å²) in [6, 6.07) is 13.8. The molecule has 2 N–H and O–H groups in total. The summed E-state index contributed by atoms with van der Waals surface area (Å²) in [5.41, 5.74) is 1.66. The number of anilines is 2. The first-order valence-corrected chi connectivity index (χ1v) is 11.6. The Morgan fingerprint density at radius 2 is 1.76 bits per heavy atom. The highest BCUT2D eigenvalue weighted by molar-refractivity contribution is 6.39. The van der Waals surface area contributed by atoms with E-state index in [-0.39, 0.29) is 40.0 Å². The highest BCUT2D eigenvalue weighted by Crippen LogP contribution is 2.37. The number of carbonyl (C=O) groups is 4. The van der Waals surface area contributed by atoms with E-state index in [9.17, 15) is 23.6 Å². The van der Waals surface area contributed by atoms with Crippen LogP contribution in [0.2, 0.25) is 5.02 Å². The van der Waals surface area contributed by atoms with E-state index in [1.807, 2.05) is 19.1 Å². The second-order valence-electron chi connectivity index (χ2n) is 8.17. The van der Waals surface area contributed by atoms with Crippen molar-refractivity contribution < 1.29 is 33.0 Å². The van der Waals surface area contributed by atoms with E-state index in [1.165, 1.54) is 37.5 Å². The lowest BCUT2D eigenvalue weighted by Gasteiger charge is -2.26. The van der Waals surface area contributed by atoms with Gasteiger partial charge in [0.1, 0.15) is 11.4 Å². The number of imide groups is 2. The summed E-state index contributed by atoms with van der Waals surface area (Å²) >= 11 is 6.38. The van der Waals surface area contributed by atoms with Gasteiger partial charge in [-0.2, -0.15) is 0 Å². The molecule has 0 aliphatic carbocycles. The van der Waals surface area contributed by atoms with E-state index in [0.717, 1.165) is 22.6 Å². The van der Waals surface area contributed by atoms with Crippen molar-refractivity contribution in [2.45, 2.75) is 6.92 Å². The van der Waals surface area contributed by atoms with E-state index in [4.69, 9.17) is 21.1 Å². The molecule has 0 spiro atoms. The van der Waals surface area contributed by atoms with Crippen LogP contribution in [0.1, 0.15) is 11.1 Å². The molecule has 194 valence electrons. The highest BCUT2D eigenvalue weighted by Gasteiger charge is 2.37. The van der Waals surface area contributed by atoms with Gasteiger partial charge in [-0.3, -0.25) is 19.7 Å². The van der Waals surface area contributed by atoms with Gasteiger partial charge in [0, 0.05) is 5.69 Å². The molecule has 5 amide bonds. The predicted molar refractivity (Wildman–Crippen MR) is 139 cm³/mol. The second-order valence-corrected chi connectivity index (χ2v) is 8.58. The third-order valence-electron chi connectivity index (χ3n) is 5.43. The van der Waals surface area contributed by atoms with Gasteiger partial charge in [0.05, 0.1) is 17.8 Å². The number of amides is 5. The fraction of sp³-hybridized carbons (Fsp3) is 0.111. The first-order valence-electron chi connectivity index (χ1n) is 11.2. The first kappa shape index (κ1) is 26.4. The molecule has 0 saturated carbocycles. The molecule has 0 bridgehead atoms. The molecular formula is C27H21ClFN3O6. The fourth-order valence-corrected chi connectivity index (χ4v) is 3.86. The number of methoxy groups -OCH3 is 1. The standard InChI is InChI=1S/C27H21ClFN3O6/c1-15-3-7-18(8-4-15)30-23(33)14-38-24-21(28)12-16(13-22(24)37-2)11-20-25(34)31-27(36)32(26(20)35)19-9-5-17(29)6-10-19/h3-13H,14H2,1-2H3,(H,30,33)(H,31,34,36)/b20-11+. The molecule has 1 heterocycles. The highest BCUT2D eigenvalue weighted by atomic mass is 35.5. The van der Waals surface area contributed by atoms with Gasteiger partial charge in [-0.1, -0.05) is 29.3 Å². The molecule has 4 rings (SSSR count). The van der Waals surface area contributed by atoms with Crippen LogP contribution in [0.15, 0.2) is 66.2 Å². The first-order chi connectivity index (χ1) is 18.2. The summed E-state index contributed by atoms with van der Waals surface area (Å²) in [5, 5.41) is 4.84. The molecule has 1 aliphatic heterocycles. The topological polar surface area (TPSA) is 114 Å². The van der Waals surface area contributed by atoms with Crippen LogP contribution < -0.4 is 25.0 Å². The normalized spacial score (nSPS) is 14.4. The molecule has 9 nitrogen and oxygen atoms in total. The largest absolute Gasteiger partial charge is 0.493 e. The quantitative estimate of drug-likeness (QED) is 0.339. The average molecular weight is 538 g/mol. The maximum atomic E-state index is 13.3. The molecule has 0 radical (unpaired) electrons. The van der Waals surface area contributed by atoms with Crippen molar-refractivity contribution in [2.24, 2.45) is 0 Å². The van der Waals surface area contributed by atoms with Crippen LogP contribution in [0.25, 0.3) is 6.08 Å². The Kier molecular flexibility index (Phi) is 7.73. The lowest BCUT2D eigenvalue weighted by molar-refractivity contribution is -0.122.